The number of amides is 1. The summed E-state index contributed by atoms with van der Waals surface area (Å²) in [6.07, 6.45) is 4.45. The van der Waals surface area contributed by atoms with E-state index in [9.17, 15) is 4.79 Å². The molecule has 2 aromatic heterocycles. The number of carbonyl (C=O) groups is 1. The van der Waals surface area contributed by atoms with Gasteiger partial charge >= 0.3 is 0 Å². The topological polar surface area (TPSA) is 105 Å². The average molecular weight is 343 g/mol. The van der Waals surface area contributed by atoms with E-state index in [1.807, 2.05) is 13.0 Å². The van der Waals surface area contributed by atoms with Crippen molar-refractivity contribution in [3.63, 3.8) is 0 Å². The Morgan fingerprint density at radius 3 is 2.84 bits per heavy atom. The number of anilines is 2. The maximum Gasteiger partial charge on any atom is 0.271 e. The first-order valence-corrected chi connectivity index (χ1v) is 8.19. The summed E-state index contributed by atoms with van der Waals surface area (Å²) in [5.74, 6) is 1.19. The molecule has 0 spiro atoms. The molecule has 0 atom stereocenters. The highest BCUT2D eigenvalue weighted by molar-refractivity contribution is 5.91. The van der Waals surface area contributed by atoms with E-state index in [1.54, 1.807) is 0 Å². The van der Waals surface area contributed by atoms with Gasteiger partial charge in [0.05, 0.1) is 19.4 Å². The molecule has 0 saturated carbocycles. The highest BCUT2D eigenvalue weighted by Gasteiger charge is 2.14. The van der Waals surface area contributed by atoms with Crippen LogP contribution in [0.1, 0.15) is 16.2 Å². The molecule has 1 saturated heterocycles. The fourth-order valence-electron chi connectivity index (χ4n) is 2.44. The summed E-state index contributed by atoms with van der Waals surface area (Å²) < 4.78 is 5.37. The van der Waals surface area contributed by atoms with E-state index in [2.05, 4.69) is 35.5 Å². The molecule has 1 amide bonds. The fraction of sp³-hybridized carbons (Fsp3) is 0.438. The van der Waals surface area contributed by atoms with Crippen LogP contribution in [-0.2, 0) is 4.74 Å². The highest BCUT2D eigenvalue weighted by atomic mass is 16.5. The summed E-state index contributed by atoms with van der Waals surface area (Å²) in [7, 11) is 0. The highest BCUT2D eigenvalue weighted by Crippen LogP contribution is 2.15. The molecule has 1 aliphatic rings. The van der Waals surface area contributed by atoms with Gasteiger partial charge in [-0.3, -0.25) is 9.78 Å². The SMILES string of the molecule is Cc1cc(N2CCOCC2)nc(NCCNC(=O)c2cnccn2)n1. The van der Waals surface area contributed by atoms with Crippen LogP contribution < -0.4 is 15.5 Å². The molecule has 1 fully saturated rings. The number of ether oxygens (including phenoxy) is 1. The monoisotopic (exact) mass is 343 g/mol. The maximum absolute atomic E-state index is 11.9. The Kier molecular flexibility index (Phi) is 5.68. The maximum atomic E-state index is 11.9. The minimum atomic E-state index is -0.255. The Balaban J connectivity index is 1.51. The molecule has 0 aliphatic carbocycles. The van der Waals surface area contributed by atoms with Crippen LogP contribution in [0.4, 0.5) is 11.8 Å². The van der Waals surface area contributed by atoms with E-state index in [1.165, 1.54) is 18.6 Å². The Morgan fingerprint density at radius 2 is 2.08 bits per heavy atom. The third-order valence-electron chi connectivity index (χ3n) is 3.67. The van der Waals surface area contributed by atoms with Gasteiger partial charge in [0.1, 0.15) is 11.5 Å². The molecule has 1 aliphatic heterocycles. The molecular formula is C16H21N7O2. The summed E-state index contributed by atoms with van der Waals surface area (Å²) in [4.78, 5) is 30.8. The number of aryl methyl sites for hydroxylation is 1. The molecule has 0 radical (unpaired) electrons. The smallest absolute Gasteiger partial charge is 0.271 e. The van der Waals surface area contributed by atoms with E-state index in [0.717, 1.165) is 24.6 Å². The lowest BCUT2D eigenvalue weighted by molar-refractivity contribution is 0.0949. The van der Waals surface area contributed by atoms with Crippen molar-refractivity contribution in [1.82, 2.24) is 25.3 Å². The Bertz CT molecular complexity index is 705. The van der Waals surface area contributed by atoms with Crippen LogP contribution in [0.3, 0.4) is 0 Å². The molecule has 2 aromatic rings. The molecule has 0 aromatic carbocycles. The number of hydrogen-bond acceptors (Lipinski definition) is 8. The first kappa shape index (κ1) is 17.0. The van der Waals surface area contributed by atoms with Gasteiger partial charge in [0.2, 0.25) is 5.95 Å². The Hall–Kier alpha value is -2.81. The van der Waals surface area contributed by atoms with Crippen LogP contribution in [0.2, 0.25) is 0 Å². The lowest BCUT2D eigenvalue weighted by Crippen LogP contribution is -2.37. The average Bonchev–Trinajstić information content (AvgIpc) is 2.66. The molecule has 0 unspecified atom stereocenters. The van der Waals surface area contributed by atoms with E-state index >= 15 is 0 Å². The van der Waals surface area contributed by atoms with Crippen LogP contribution in [-0.4, -0.2) is 65.2 Å². The zero-order valence-corrected chi connectivity index (χ0v) is 14.1. The van der Waals surface area contributed by atoms with Crippen LogP contribution in [0.15, 0.2) is 24.7 Å². The summed E-state index contributed by atoms with van der Waals surface area (Å²) in [5.41, 5.74) is 1.19. The predicted octanol–water partition coefficient (Wildman–Crippen LogP) is 0.254. The molecular weight excluding hydrogens is 322 g/mol. The Labute approximate surface area is 145 Å². The normalized spacial score (nSPS) is 14.2. The zero-order chi connectivity index (χ0) is 17.5. The summed E-state index contributed by atoms with van der Waals surface area (Å²) in [6, 6.07) is 1.96. The van der Waals surface area contributed by atoms with Crippen molar-refractivity contribution in [2.75, 3.05) is 49.6 Å². The third-order valence-corrected chi connectivity index (χ3v) is 3.67. The lowest BCUT2D eigenvalue weighted by Gasteiger charge is -2.28. The second kappa shape index (κ2) is 8.34. The van der Waals surface area contributed by atoms with Crippen molar-refractivity contribution < 1.29 is 9.53 Å². The first-order chi connectivity index (χ1) is 12.2. The van der Waals surface area contributed by atoms with Crippen LogP contribution >= 0.6 is 0 Å². The van der Waals surface area contributed by atoms with Crippen molar-refractivity contribution in [3.8, 4) is 0 Å². The third kappa shape index (κ3) is 4.83. The molecule has 0 bridgehead atoms. The minimum absolute atomic E-state index is 0.255. The number of rotatable bonds is 6. The zero-order valence-electron chi connectivity index (χ0n) is 14.1. The van der Waals surface area contributed by atoms with E-state index in [-0.39, 0.29) is 5.91 Å². The Morgan fingerprint density at radius 1 is 1.24 bits per heavy atom. The number of nitrogens with zero attached hydrogens (tertiary/aromatic N) is 5. The molecule has 9 nitrogen and oxygen atoms in total. The van der Waals surface area contributed by atoms with Crippen molar-refractivity contribution in [2.24, 2.45) is 0 Å². The molecule has 3 heterocycles. The minimum Gasteiger partial charge on any atom is -0.378 e. The van der Waals surface area contributed by atoms with Crippen molar-refractivity contribution in [1.29, 1.82) is 0 Å². The quantitative estimate of drug-likeness (QED) is 0.719. The lowest BCUT2D eigenvalue weighted by atomic mass is 10.3. The van der Waals surface area contributed by atoms with Crippen molar-refractivity contribution >= 4 is 17.7 Å². The van der Waals surface area contributed by atoms with Gasteiger partial charge in [-0.25, -0.2) is 9.97 Å². The predicted molar refractivity (Wildman–Crippen MR) is 92.7 cm³/mol. The first-order valence-electron chi connectivity index (χ1n) is 8.19. The van der Waals surface area contributed by atoms with Gasteiger partial charge in [-0.1, -0.05) is 0 Å². The van der Waals surface area contributed by atoms with E-state index in [0.29, 0.717) is 37.9 Å². The summed E-state index contributed by atoms with van der Waals surface area (Å²) in [6.45, 7) is 5.94. The molecule has 2 N–H and O–H groups in total. The van der Waals surface area contributed by atoms with E-state index in [4.69, 9.17) is 4.74 Å². The molecule has 132 valence electrons. The van der Waals surface area contributed by atoms with Gasteiger partial charge in [0, 0.05) is 50.3 Å². The summed E-state index contributed by atoms with van der Waals surface area (Å²) >= 11 is 0. The largest absolute Gasteiger partial charge is 0.378 e. The van der Waals surface area contributed by atoms with Gasteiger partial charge in [-0.15, -0.1) is 0 Å². The standard InChI is InChI=1S/C16H21N7O2/c1-12-10-14(23-6-8-25-9-7-23)22-16(21-12)20-5-4-19-15(24)13-11-17-2-3-18-13/h2-3,10-11H,4-9H2,1H3,(H,19,24)(H,20,21,22). The number of aromatic nitrogens is 4. The van der Waals surface area contributed by atoms with Gasteiger partial charge in [0.15, 0.2) is 0 Å². The van der Waals surface area contributed by atoms with Crippen LogP contribution in [0, 0.1) is 6.92 Å². The van der Waals surface area contributed by atoms with Crippen LogP contribution in [0.5, 0.6) is 0 Å². The van der Waals surface area contributed by atoms with Gasteiger partial charge in [0.25, 0.3) is 5.91 Å². The summed E-state index contributed by atoms with van der Waals surface area (Å²) in [5, 5.41) is 5.92. The van der Waals surface area contributed by atoms with Crippen LogP contribution in [0.25, 0.3) is 0 Å². The number of morpholine rings is 1. The fourth-order valence-corrected chi connectivity index (χ4v) is 2.44. The number of carbonyl (C=O) groups excluding carboxylic acids is 1. The van der Waals surface area contributed by atoms with Gasteiger partial charge in [-0.2, -0.15) is 4.98 Å². The van der Waals surface area contributed by atoms with Crippen molar-refractivity contribution in [2.45, 2.75) is 6.92 Å². The van der Waals surface area contributed by atoms with E-state index < -0.39 is 0 Å². The van der Waals surface area contributed by atoms with Gasteiger partial charge in [-0.05, 0) is 6.92 Å². The number of nitrogens with one attached hydrogen (secondary N) is 2. The molecule has 3 rings (SSSR count). The molecule has 25 heavy (non-hydrogen) atoms. The van der Waals surface area contributed by atoms with Gasteiger partial charge < -0.3 is 20.3 Å². The second-order valence-electron chi connectivity index (χ2n) is 5.56. The number of hydrogen-bond donors (Lipinski definition) is 2. The van der Waals surface area contributed by atoms with Crippen molar-refractivity contribution in [3.05, 3.63) is 36.0 Å². The molecule has 9 heteroatoms. The second-order valence-corrected chi connectivity index (χ2v) is 5.56.